The molecule has 1 N–H and O–H groups in total. The fourth-order valence-electron chi connectivity index (χ4n) is 2.55. The number of aromatic nitrogens is 1. The van der Waals surface area contributed by atoms with E-state index in [1.807, 2.05) is 13.0 Å². The van der Waals surface area contributed by atoms with E-state index < -0.39 is 0 Å². The Labute approximate surface area is 103 Å². The minimum Gasteiger partial charge on any atom is -0.366 e. The number of hydrogen-bond donors (Lipinski definition) is 1. The monoisotopic (exact) mass is 229 g/mol. The lowest BCUT2D eigenvalue weighted by molar-refractivity contribution is 0.435. The van der Waals surface area contributed by atoms with Crippen LogP contribution in [0.15, 0.2) is 12.3 Å². The molecule has 3 unspecified atom stereocenters. The normalized spacial score (nSPS) is 27.8. The molecule has 1 fully saturated rings. The van der Waals surface area contributed by atoms with E-state index in [0.29, 0.717) is 17.5 Å². The van der Waals surface area contributed by atoms with E-state index in [1.54, 1.807) is 6.20 Å². The van der Waals surface area contributed by atoms with Crippen LogP contribution in [-0.2, 0) is 0 Å². The number of anilines is 1. The molecule has 1 aliphatic rings. The first-order valence-corrected chi connectivity index (χ1v) is 6.25. The number of nitrogens with one attached hydrogen (secondary N) is 1. The molecule has 1 heterocycles. The molecule has 0 spiro atoms. The summed E-state index contributed by atoms with van der Waals surface area (Å²) in [6, 6.07) is 4.57. The Hall–Kier alpha value is -1.56. The smallest absolute Gasteiger partial charge is 0.144 e. The molecular weight excluding hydrogens is 210 g/mol. The van der Waals surface area contributed by atoms with Crippen LogP contribution in [0.25, 0.3) is 0 Å². The van der Waals surface area contributed by atoms with Gasteiger partial charge in [0.15, 0.2) is 0 Å². The summed E-state index contributed by atoms with van der Waals surface area (Å²) in [7, 11) is 0. The Morgan fingerprint density at radius 1 is 1.41 bits per heavy atom. The molecular formula is C14H19N3. The van der Waals surface area contributed by atoms with Gasteiger partial charge in [-0.3, -0.25) is 0 Å². The molecule has 1 aromatic rings. The lowest BCUT2D eigenvalue weighted by atomic mass is 9.97. The summed E-state index contributed by atoms with van der Waals surface area (Å²) < 4.78 is 0. The van der Waals surface area contributed by atoms with Crippen molar-refractivity contribution in [3.63, 3.8) is 0 Å². The summed E-state index contributed by atoms with van der Waals surface area (Å²) in [6.07, 6.45) is 4.19. The largest absolute Gasteiger partial charge is 0.366 e. The Balaban J connectivity index is 2.20. The second kappa shape index (κ2) is 4.75. The maximum atomic E-state index is 9.16. The second-order valence-electron chi connectivity index (χ2n) is 5.13. The first-order chi connectivity index (χ1) is 8.13. The van der Waals surface area contributed by atoms with Gasteiger partial charge in [0.05, 0.1) is 5.56 Å². The first-order valence-electron chi connectivity index (χ1n) is 6.25. The van der Waals surface area contributed by atoms with E-state index in [4.69, 9.17) is 5.26 Å². The van der Waals surface area contributed by atoms with Gasteiger partial charge in [-0.15, -0.1) is 0 Å². The average Bonchev–Trinajstić information content (AvgIpc) is 2.61. The van der Waals surface area contributed by atoms with Crippen molar-refractivity contribution in [3.05, 3.63) is 23.4 Å². The van der Waals surface area contributed by atoms with E-state index in [2.05, 4.69) is 30.2 Å². The predicted molar refractivity (Wildman–Crippen MR) is 68.7 cm³/mol. The van der Waals surface area contributed by atoms with Crippen LogP contribution in [0.5, 0.6) is 0 Å². The molecule has 2 rings (SSSR count). The third-order valence-electron chi connectivity index (χ3n) is 4.06. The van der Waals surface area contributed by atoms with Crippen molar-refractivity contribution < 1.29 is 0 Å². The van der Waals surface area contributed by atoms with Gasteiger partial charge in [0, 0.05) is 12.2 Å². The molecule has 17 heavy (non-hydrogen) atoms. The number of rotatable bonds is 2. The predicted octanol–water partition coefficient (Wildman–Crippen LogP) is 3.11. The van der Waals surface area contributed by atoms with Crippen LogP contribution < -0.4 is 5.32 Å². The van der Waals surface area contributed by atoms with Crippen molar-refractivity contribution in [3.8, 4) is 6.07 Å². The fourth-order valence-corrected chi connectivity index (χ4v) is 2.55. The molecule has 3 heteroatoms. The van der Waals surface area contributed by atoms with Gasteiger partial charge in [-0.05, 0) is 43.2 Å². The Bertz CT molecular complexity index is 447. The molecule has 0 aliphatic heterocycles. The maximum absolute atomic E-state index is 9.16. The number of hydrogen-bond acceptors (Lipinski definition) is 3. The summed E-state index contributed by atoms with van der Waals surface area (Å²) in [5.41, 5.74) is 1.67. The zero-order valence-electron chi connectivity index (χ0n) is 10.7. The van der Waals surface area contributed by atoms with Gasteiger partial charge < -0.3 is 5.32 Å². The second-order valence-corrected chi connectivity index (χ2v) is 5.13. The molecule has 90 valence electrons. The summed E-state index contributed by atoms with van der Waals surface area (Å²) in [5, 5.41) is 12.6. The summed E-state index contributed by atoms with van der Waals surface area (Å²) in [4.78, 5) is 4.30. The van der Waals surface area contributed by atoms with E-state index in [0.717, 1.165) is 17.3 Å². The number of aryl methyl sites for hydroxylation is 1. The Morgan fingerprint density at radius 3 is 2.76 bits per heavy atom. The molecule has 1 aliphatic carbocycles. The fraction of sp³-hybridized carbons (Fsp3) is 0.571. The standard InChI is InChI=1S/C14H19N3/c1-9-4-5-13(11(9)3)17-14-12(8-15)10(2)6-7-16-14/h6-7,9,11,13H,4-5H2,1-3H3,(H,16,17). The van der Waals surface area contributed by atoms with Crippen molar-refractivity contribution in [2.45, 2.75) is 39.7 Å². The highest BCUT2D eigenvalue weighted by Crippen LogP contribution is 2.33. The third kappa shape index (κ3) is 2.26. The van der Waals surface area contributed by atoms with Gasteiger partial charge in [0.1, 0.15) is 11.9 Å². The first kappa shape index (κ1) is 11.9. The zero-order valence-corrected chi connectivity index (χ0v) is 10.7. The Kier molecular flexibility index (Phi) is 3.33. The summed E-state index contributed by atoms with van der Waals surface area (Å²) in [5.74, 6) is 2.14. The molecule has 1 aromatic heterocycles. The highest BCUT2D eigenvalue weighted by Gasteiger charge is 2.30. The molecule has 3 atom stereocenters. The summed E-state index contributed by atoms with van der Waals surface area (Å²) in [6.45, 7) is 6.52. The van der Waals surface area contributed by atoms with E-state index >= 15 is 0 Å². The number of nitrogens with zero attached hydrogens (tertiary/aromatic N) is 2. The van der Waals surface area contributed by atoms with Crippen molar-refractivity contribution in [2.75, 3.05) is 5.32 Å². The quantitative estimate of drug-likeness (QED) is 0.847. The molecule has 0 aromatic carbocycles. The van der Waals surface area contributed by atoms with Gasteiger partial charge in [0.2, 0.25) is 0 Å². The molecule has 0 bridgehead atoms. The number of nitriles is 1. The van der Waals surface area contributed by atoms with Crippen LogP contribution in [0.1, 0.15) is 37.8 Å². The van der Waals surface area contributed by atoms with Gasteiger partial charge in [-0.25, -0.2) is 4.98 Å². The highest BCUT2D eigenvalue weighted by atomic mass is 15.0. The van der Waals surface area contributed by atoms with Gasteiger partial charge in [0.25, 0.3) is 0 Å². The highest BCUT2D eigenvalue weighted by molar-refractivity contribution is 5.55. The molecule has 0 amide bonds. The van der Waals surface area contributed by atoms with Crippen molar-refractivity contribution in [1.82, 2.24) is 4.98 Å². The van der Waals surface area contributed by atoms with Crippen LogP contribution in [0.3, 0.4) is 0 Å². The van der Waals surface area contributed by atoms with Crippen LogP contribution >= 0.6 is 0 Å². The van der Waals surface area contributed by atoms with E-state index in [9.17, 15) is 0 Å². The molecule has 0 saturated heterocycles. The third-order valence-corrected chi connectivity index (χ3v) is 4.06. The van der Waals surface area contributed by atoms with Crippen molar-refractivity contribution in [1.29, 1.82) is 5.26 Å². The van der Waals surface area contributed by atoms with E-state index in [-0.39, 0.29) is 0 Å². The van der Waals surface area contributed by atoms with Gasteiger partial charge >= 0.3 is 0 Å². The van der Waals surface area contributed by atoms with Crippen LogP contribution in [0, 0.1) is 30.1 Å². The maximum Gasteiger partial charge on any atom is 0.144 e. The minimum atomic E-state index is 0.450. The van der Waals surface area contributed by atoms with Crippen molar-refractivity contribution >= 4 is 5.82 Å². The minimum absolute atomic E-state index is 0.450. The zero-order chi connectivity index (χ0) is 12.4. The molecule has 3 nitrogen and oxygen atoms in total. The lowest BCUT2D eigenvalue weighted by Gasteiger charge is -2.21. The molecule has 0 radical (unpaired) electrons. The van der Waals surface area contributed by atoms with Crippen molar-refractivity contribution in [2.24, 2.45) is 11.8 Å². The number of pyridine rings is 1. The van der Waals surface area contributed by atoms with Crippen LogP contribution in [0.2, 0.25) is 0 Å². The van der Waals surface area contributed by atoms with Gasteiger partial charge in [-0.1, -0.05) is 13.8 Å². The van der Waals surface area contributed by atoms with Crippen LogP contribution in [0.4, 0.5) is 5.82 Å². The Morgan fingerprint density at radius 2 is 2.18 bits per heavy atom. The SMILES string of the molecule is Cc1ccnc(NC2CCC(C)C2C)c1C#N. The van der Waals surface area contributed by atoms with Gasteiger partial charge in [-0.2, -0.15) is 5.26 Å². The molecule has 1 saturated carbocycles. The summed E-state index contributed by atoms with van der Waals surface area (Å²) >= 11 is 0. The lowest BCUT2D eigenvalue weighted by Crippen LogP contribution is -2.25. The van der Waals surface area contributed by atoms with Crippen LogP contribution in [-0.4, -0.2) is 11.0 Å². The van der Waals surface area contributed by atoms with E-state index in [1.165, 1.54) is 12.8 Å². The average molecular weight is 229 g/mol. The topological polar surface area (TPSA) is 48.7 Å².